The van der Waals surface area contributed by atoms with Crippen LogP contribution in [0.4, 0.5) is 0 Å². The zero-order chi connectivity index (χ0) is 18.0. The number of thioether (sulfide) groups is 1. The average molecular weight is 362 g/mol. The second-order valence-corrected chi connectivity index (χ2v) is 7.28. The third-order valence-electron chi connectivity index (χ3n) is 4.12. The van der Waals surface area contributed by atoms with Gasteiger partial charge in [-0.25, -0.2) is 0 Å². The van der Waals surface area contributed by atoms with E-state index in [0.717, 1.165) is 23.3 Å². The van der Waals surface area contributed by atoms with Crippen molar-refractivity contribution in [3.63, 3.8) is 0 Å². The van der Waals surface area contributed by atoms with Gasteiger partial charge in [0.15, 0.2) is 0 Å². The maximum Gasteiger partial charge on any atom is 0.237 e. The van der Waals surface area contributed by atoms with E-state index in [9.17, 15) is 4.79 Å². The highest BCUT2D eigenvalue weighted by atomic mass is 32.2. The standard InChI is InChI=1S/C23H23NOS/c25-23(24-18-10-13-19-11-4-1-5-12-19)22(20-14-6-2-7-15-20)26-21-16-8-3-9-17-21/h1-9,11-12,14-17,22H,10,13,18H2,(H,24,25)/t22-/m0/s1. The molecular formula is C23H23NOS. The maximum absolute atomic E-state index is 12.8. The largest absolute Gasteiger partial charge is 0.355 e. The van der Waals surface area contributed by atoms with Gasteiger partial charge in [-0.3, -0.25) is 4.79 Å². The molecule has 3 aromatic carbocycles. The SMILES string of the molecule is O=C(NCCCc1ccccc1)[C@@H](Sc1ccccc1)c1ccccc1. The fraction of sp³-hybridized carbons (Fsp3) is 0.174. The molecule has 0 aliphatic carbocycles. The van der Waals surface area contributed by atoms with Crippen molar-refractivity contribution in [1.82, 2.24) is 5.32 Å². The molecule has 0 radical (unpaired) electrons. The zero-order valence-corrected chi connectivity index (χ0v) is 15.5. The minimum atomic E-state index is -0.240. The van der Waals surface area contributed by atoms with Crippen molar-refractivity contribution in [2.45, 2.75) is 23.0 Å². The van der Waals surface area contributed by atoms with Gasteiger partial charge < -0.3 is 5.32 Å². The van der Waals surface area contributed by atoms with Crippen molar-refractivity contribution in [2.24, 2.45) is 0 Å². The molecule has 0 unspecified atom stereocenters. The number of nitrogens with one attached hydrogen (secondary N) is 1. The summed E-state index contributed by atoms with van der Waals surface area (Å²) in [5.74, 6) is 0.0677. The van der Waals surface area contributed by atoms with Gasteiger partial charge in [-0.1, -0.05) is 78.9 Å². The molecule has 0 aliphatic rings. The van der Waals surface area contributed by atoms with Crippen LogP contribution in [0.2, 0.25) is 0 Å². The van der Waals surface area contributed by atoms with Crippen LogP contribution in [0.25, 0.3) is 0 Å². The molecule has 26 heavy (non-hydrogen) atoms. The Hall–Kier alpha value is -2.52. The molecule has 0 fully saturated rings. The summed E-state index contributed by atoms with van der Waals surface area (Å²) in [5, 5.41) is 2.87. The van der Waals surface area contributed by atoms with Gasteiger partial charge in [0.25, 0.3) is 0 Å². The van der Waals surface area contributed by atoms with E-state index in [1.165, 1.54) is 5.56 Å². The first-order valence-corrected chi connectivity index (χ1v) is 9.79. The molecule has 0 aromatic heterocycles. The lowest BCUT2D eigenvalue weighted by atomic mass is 10.1. The van der Waals surface area contributed by atoms with Gasteiger partial charge in [0, 0.05) is 11.4 Å². The van der Waals surface area contributed by atoms with E-state index < -0.39 is 0 Å². The molecule has 3 heteroatoms. The predicted molar refractivity (Wildman–Crippen MR) is 109 cm³/mol. The third-order valence-corrected chi connectivity index (χ3v) is 5.39. The Balaban J connectivity index is 1.59. The Morgan fingerprint density at radius 1 is 0.808 bits per heavy atom. The summed E-state index contributed by atoms with van der Waals surface area (Å²) >= 11 is 1.59. The van der Waals surface area contributed by atoms with Gasteiger partial charge in [0.05, 0.1) is 0 Å². The van der Waals surface area contributed by atoms with Crippen LogP contribution in [0.1, 0.15) is 22.8 Å². The number of carbonyl (C=O) groups is 1. The summed E-state index contributed by atoms with van der Waals surface area (Å²) in [6.45, 7) is 0.687. The summed E-state index contributed by atoms with van der Waals surface area (Å²) < 4.78 is 0. The van der Waals surface area contributed by atoms with Crippen LogP contribution < -0.4 is 5.32 Å². The lowest BCUT2D eigenvalue weighted by Crippen LogP contribution is -2.29. The quantitative estimate of drug-likeness (QED) is 0.437. The van der Waals surface area contributed by atoms with Crippen molar-refractivity contribution in [3.8, 4) is 0 Å². The number of benzene rings is 3. The van der Waals surface area contributed by atoms with E-state index in [0.29, 0.717) is 6.54 Å². The van der Waals surface area contributed by atoms with E-state index in [2.05, 4.69) is 29.6 Å². The van der Waals surface area contributed by atoms with Crippen molar-refractivity contribution in [3.05, 3.63) is 102 Å². The van der Waals surface area contributed by atoms with Crippen LogP contribution >= 0.6 is 11.8 Å². The van der Waals surface area contributed by atoms with E-state index >= 15 is 0 Å². The summed E-state index contributed by atoms with van der Waals surface area (Å²) in [7, 11) is 0. The van der Waals surface area contributed by atoms with Gasteiger partial charge in [0.1, 0.15) is 5.25 Å². The molecule has 0 spiro atoms. The Morgan fingerprint density at radius 2 is 1.38 bits per heavy atom. The molecule has 1 N–H and O–H groups in total. The molecule has 0 saturated carbocycles. The zero-order valence-electron chi connectivity index (χ0n) is 14.7. The molecular weight excluding hydrogens is 338 g/mol. The molecule has 1 amide bonds. The molecule has 3 aromatic rings. The lowest BCUT2D eigenvalue weighted by molar-refractivity contribution is -0.120. The van der Waals surface area contributed by atoms with Crippen molar-refractivity contribution in [1.29, 1.82) is 0 Å². The van der Waals surface area contributed by atoms with E-state index in [4.69, 9.17) is 0 Å². The molecule has 3 rings (SSSR count). The minimum Gasteiger partial charge on any atom is -0.355 e. The van der Waals surface area contributed by atoms with E-state index in [-0.39, 0.29) is 11.2 Å². The smallest absolute Gasteiger partial charge is 0.237 e. The minimum absolute atomic E-state index is 0.0677. The van der Waals surface area contributed by atoms with Crippen molar-refractivity contribution >= 4 is 17.7 Å². The number of carbonyl (C=O) groups excluding carboxylic acids is 1. The third kappa shape index (κ3) is 5.50. The maximum atomic E-state index is 12.8. The fourth-order valence-corrected chi connectivity index (χ4v) is 3.85. The first-order valence-electron chi connectivity index (χ1n) is 8.91. The first kappa shape index (κ1) is 18.3. The number of hydrogen-bond donors (Lipinski definition) is 1. The molecule has 2 nitrogen and oxygen atoms in total. The van der Waals surface area contributed by atoms with Crippen molar-refractivity contribution < 1.29 is 4.79 Å². The predicted octanol–water partition coefficient (Wildman–Crippen LogP) is 5.27. The van der Waals surface area contributed by atoms with Crippen LogP contribution in [0, 0.1) is 0 Å². The summed E-state index contributed by atoms with van der Waals surface area (Å²) in [5.41, 5.74) is 2.34. The summed E-state index contributed by atoms with van der Waals surface area (Å²) in [6.07, 6.45) is 1.91. The molecule has 1 atom stereocenters. The van der Waals surface area contributed by atoms with Gasteiger partial charge in [-0.15, -0.1) is 11.8 Å². The second kappa shape index (κ2) is 9.83. The fourth-order valence-electron chi connectivity index (χ4n) is 2.78. The summed E-state index contributed by atoms with van der Waals surface area (Å²) in [6, 6.07) is 30.4. The topological polar surface area (TPSA) is 29.1 Å². The highest BCUT2D eigenvalue weighted by Crippen LogP contribution is 2.35. The second-order valence-electron chi connectivity index (χ2n) is 6.10. The number of aryl methyl sites for hydroxylation is 1. The van der Waals surface area contributed by atoms with Gasteiger partial charge in [-0.05, 0) is 36.1 Å². The van der Waals surface area contributed by atoms with Gasteiger partial charge in [0.2, 0.25) is 5.91 Å². The van der Waals surface area contributed by atoms with Crippen LogP contribution in [0.15, 0.2) is 95.9 Å². The average Bonchev–Trinajstić information content (AvgIpc) is 2.71. The first-order chi connectivity index (χ1) is 12.8. The van der Waals surface area contributed by atoms with Crippen molar-refractivity contribution in [2.75, 3.05) is 6.54 Å². The molecule has 0 bridgehead atoms. The molecule has 0 heterocycles. The van der Waals surface area contributed by atoms with Crippen LogP contribution in [-0.2, 0) is 11.2 Å². The Labute approximate surface area is 159 Å². The number of hydrogen-bond acceptors (Lipinski definition) is 2. The monoisotopic (exact) mass is 361 g/mol. The Kier molecular flexibility index (Phi) is 6.91. The van der Waals surface area contributed by atoms with Crippen LogP contribution in [0.3, 0.4) is 0 Å². The van der Waals surface area contributed by atoms with Gasteiger partial charge >= 0.3 is 0 Å². The van der Waals surface area contributed by atoms with Crippen LogP contribution in [-0.4, -0.2) is 12.5 Å². The normalized spacial score (nSPS) is 11.7. The van der Waals surface area contributed by atoms with E-state index in [1.54, 1.807) is 11.8 Å². The Morgan fingerprint density at radius 3 is 2.04 bits per heavy atom. The van der Waals surface area contributed by atoms with Gasteiger partial charge in [-0.2, -0.15) is 0 Å². The molecule has 132 valence electrons. The highest BCUT2D eigenvalue weighted by Gasteiger charge is 2.21. The lowest BCUT2D eigenvalue weighted by Gasteiger charge is -2.17. The van der Waals surface area contributed by atoms with Crippen LogP contribution in [0.5, 0.6) is 0 Å². The van der Waals surface area contributed by atoms with E-state index in [1.807, 2.05) is 66.7 Å². The number of amides is 1. The highest BCUT2D eigenvalue weighted by molar-refractivity contribution is 8.00. The molecule has 0 aliphatic heterocycles. The number of rotatable bonds is 8. The Bertz CT molecular complexity index is 790. The molecule has 0 saturated heterocycles. The summed E-state index contributed by atoms with van der Waals surface area (Å²) in [4.78, 5) is 13.9.